The maximum atomic E-state index is 13.9. The van der Waals surface area contributed by atoms with Gasteiger partial charge < -0.3 is 16.0 Å². The van der Waals surface area contributed by atoms with Gasteiger partial charge in [-0.15, -0.1) is 0 Å². The van der Waals surface area contributed by atoms with E-state index in [9.17, 15) is 18.0 Å². The number of sulfonamides is 1. The molecule has 1 aliphatic heterocycles. The lowest BCUT2D eigenvalue weighted by molar-refractivity contribution is 0.553. The molecule has 2 aliphatic rings. The third kappa shape index (κ3) is 5.10. The van der Waals surface area contributed by atoms with Crippen LogP contribution in [-0.4, -0.2) is 33.1 Å². The van der Waals surface area contributed by atoms with Crippen LogP contribution in [0, 0.1) is 0 Å². The number of allylic oxidation sites excluding steroid dienone is 4. The van der Waals surface area contributed by atoms with Crippen LogP contribution in [0.2, 0.25) is 0 Å². The van der Waals surface area contributed by atoms with Crippen molar-refractivity contribution in [2.45, 2.75) is 18.3 Å². The summed E-state index contributed by atoms with van der Waals surface area (Å²) in [5.41, 5.74) is 9.63. The summed E-state index contributed by atoms with van der Waals surface area (Å²) in [5.74, 6) is 3.74. The van der Waals surface area contributed by atoms with E-state index < -0.39 is 15.4 Å². The minimum Gasteiger partial charge on any atom is -0.398 e. The Kier molecular flexibility index (Phi) is 7.45. The van der Waals surface area contributed by atoms with Crippen LogP contribution in [0.4, 0.5) is 28.4 Å². The number of hydrogen-bond acceptors (Lipinski definition) is 7. The van der Waals surface area contributed by atoms with Crippen molar-refractivity contribution >= 4 is 61.1 Å². The number of nitrogens with two attached hydrogens (primary N) is 1. The maximum absolute atomic E-state index is 13.9. The van der Waals surface area contributed by atoms with E-state index in [0.29, 0.717) is 34.9 Å². The van der Waals surface area contributed by atoms with Crippen molar-refractivity contribution < 1.29 is 18.0 Å². The second-order valence-electron chi connectivity index (χ2n) is 10.9. The van der Waals surface area contributed by atoms with E-state index in [-0.39, 0.29) is 23.6 Å². The van der Waals surface area contributed by atoms with E-state index >= 15 is 0 Å². The summed E-state index contributed by atoms with van der Waals surface area (Å²) in [6, 6.07) is 25.8. The smallest absolute Gasteiger partial charge is 0.236 e. The van der Waals surface area contributed by atoms with E-state index in [1.54, 1.807) is 35.2 Å². The van der Waals surface area contributed by atoms with E-state index in [1.807, 2.05) is 90.8 Å². The van der Waals surface area contributed by atoms with Crippen LogP contribution >= 0.6 is 0 Å². The first kappa shape index (κ1) is 28.8. The van der Waals surface area contributed by atoms with Crippen LogP contribution in [0.5, 0.6) is 0 Å². The molecular weight excluding hydrogens is 572 g/mol. The molecule has 6 rings (SSSR count). The van der Waals surface area contributed by atoms with Crippen LogP contribution in [-0.2, 0) is 25.0 Å². The van der Waals surface area contributed by atoms with Crippen molar-refractivity contribution in [3.8, 4) is 0 Å². The molecule has 1 atom stereocenters. The Hall–Kier alpha value is -5.33. The van der Waals surface area contributed by atoms with Gasteiger partial charge in [-0.3, -0.25) is 4.31 Å². The molecule has 8 nitrogen and oxygen atoms in total. The van der Waals surface area contributed by atoms with Crippen molar-refractivity contribution in [2.75, 3.05) is 33.1 Å². The molecule has 9 heteroatoms. The van der Waals surface area contributed by atoms with Crippen molar-refractivity contribution in [2.24, 2.45) is 0 Å². The van der Waals surface area contributed by atoms with Gasteiger partial charge in [0.25, 0.3) is 0 Å². The highest BCUT2D eigenvalue weighted by molar-refractivity contribution is 7.92. The van der Waals surface area contributed by atoms with Gasteiger partial charge in [0.15, 0.2) is 0 Å². The molecule has 4 aromatic rings. The van der Waals surface area contributed by atoms with Gasteiger partial charge in [0.05, 0.1) is 29.2 Å². The third-order valence-electron chi connectivity index (χ3n) is 8.25. The van der Waals surface area contributed by atoms with Crippen molar-refractivity contribution in [1.29, 1.82) is 0 Å². The summed E-state index contributed by atoms with van der Waals surface area (Å²) in [6.07, 6.45) is 8.13. The number of nitrogen functional groups attached to an aromatic ring is 1. The Morgan fingerprint density at radius 3 is 2.39 bits per heavy atom. The lowest BCUT2D eigenvalue weighted by Gasteiger charge is -2.34. The number of anilines is 5. The van der Waals surface area contributed by atoms with Crippen LogP contribution < -0.4 is 20.3 Å². The summed E-state index contributed by atoms with van der Waals surface area (Å²) < 4.78 is 29.1. The highest BCUT2D eigenvalue weighted by atomic mass is 32.2. The minimum absolute atomic E-state index is 0.00129. The number of benzene rings is 4. The number of carbonyl (C=O) groups excluding carboxylic acids is 2. The first-order valence-electron chi connectivity index (χ1n) is 14.1. The molecule has 0 aromatic heterocycles. The molecular formula is C35H30N4O4S. The van der Waals surface area contributed by atoms with Crippen LogP contribution in [0.3, 0.4) is 0 Å². The average molecular weight is 603 g/mol. The summed E-state index contributed by atoms with van der Waals surface area (Å²) >= 11 is 0. The molecule has 1 aliphatic carbocycles. The van der Waals surface area contributed by atoms with E-state index in [1.165, 1.54) is 11.4 Å². The Labute approximate surface area is 256 Å². The fourth-order valence-electron chi connectivity index (χ4n) is 6.00. The Morgan fingerprint density at radius 2 is 1.68 bits per heavy atom. The molecule has 0 fully saturated rings. The molecule has 44 heavy (non-hydrogen) atoms. The van der Waals surface area contributed by atoms with E-state index in [0.717, 1.165) is 16.3 Å². The molecule has 0 saturated carbocycles. The van der Waals surface area contributed by atoms with Crippen LogP contribution in [0.15, 0.2) is 121 Å². The highest BCUT2D eigenvalue weighted by Crippen LogP contribution is 2.44. The quantitative estimate of drug-likeness (QED) is 0.205. The second-order valence-corrected chi connectivity index (χ2v) is 12.9. The number of para-hydroxylation sites is 1. The average Bonchev–Trinajstić information content (AvgIpc) is 3.21. The molecule has 1 heterocycles. The molecule has 1 unspecified atom stereocenters. The minimum atomic E-state index is -3.82. The van der Waals surface area contributed by atoms with Gasteiger partial charge in [0, 0.05) is 29.2 Å². The SMILES string of the molecule is CN(c1ccc(N2C(=C=O)CC(=C=O)Nc3c2ccc2ccccc32)cc1)S(=O)(=O)CC1(c2ccccc2N)C=CC=CC1. The molecule has 220 valence electrons. The predicted octanol–water partition coefficient (Wildman–Crippen LogP) is 6.03. The van der Waals surface area contributed by atoms with Gasteiger partial charge in [0.2, 0.25) is 10.0 Å². The normalized spacial score (nSPS) is 17.8. The third-order valence-corrected chi connectivity index (χ3v) is 10.2. The van der Waals surface area contributed by atoms with Gasteiger partial charge in [-0.25, -0.2) is 18.0 Å². The fourth-order valence-corrected chi connectivity index (χ4v) is 7.65. The van der Waals surface area contributed by atoms with Gasteiger partial charge in [-0.05, 0) is 53.8 Å². The zero-order valence-corrected chi connectivity index (χ0v) is 24.8. The standard InChI is InChI=1S/C35H30N4O4S/c1-38(44(42,43)24-35(19-7-2-8-20-35)31-11-5-6-12-32(31)36)27-14-16-28(17-15-27)39-29(23-41)21-26(22-40)37-34-30-10-4-3-9-25(30)13-18-33(34)39/h2-19,37H,20-21,24,36H2,1H3. The van der Waals surface area contributed by atoms with Crippen molar-refractivity contribution in [1.82, 2.24) is 0 Å². The first-order chi connectivity index (χ1) is 21.3. The Bertz CT molecular complexity index is 2040. The molecule has 0 amide bonds. The topological polar surface area (TPSA) is 113 Å². The molecule has 0 radical (unpaired) electrons. The summed E-state index contributed by atoms with van der Waals surface area (Å²) in [7, 11) is -2.29. The lowest BCUT2D eigenvalue weighted by Crippen LogP contribution is -2.40. The fraction of sp³-hybridized carbons (Fsp3) is 0.143. The van der Waals surface area contributed by atoms with Gasteiger partial charge in [0.1, 0.15) is 23.3 Å². The van der Waals surface area contributed by atoms with Crippen molar-refractivity contribution in [3.63, 3.8) is 0 Å². The number of nitrogens with zero attached hydrogens (tertiary/aromatic N) is 2. The molecule has 3 N–H and O–H groups in total. The zero-order chi connectivity index (χ0) is 30.9. The monoisotopic (exact) mass is 602 g/mol. The zero-order valence-electron chi connectivity index (χ0n) is 24.0. The van der Waals surface area contributed by atoms with Gasteiger partial charge in [-0.2, -0.15) is 0 Å². The van der Waals surface area contributed by atoms with Crippen LogP contribution in [0.1, 0.15) is 18.4 Å². The largest absolute Gasteiger partial charge is 0.398 e. The molecule has 0 spiro atoms. The van der Waals surface area contributed by atoms with Crippen molar-refractivity contribution in [3.05, 3.63) is 126 Å². The van der Waals surface area contributed by atoms with E-state index in [2.05, 4.69) is 5.32 Å². The predicted molar refractivity (Wildman–Crippen MR) is 177 cm³/mol. The number of nitrogens with one attached hydrogen (secondary N) is 1. The second kappa shape index (κ2) is 11.4. The Balaban J connectivity index is 1.36. The first-order valence-corrected chi connectivity index (χ1v) is 15.7. The summed E-state index contributed by atoms with van der Waals surface area (Å²) in [4.78, 5) is 25.7. The van der Waals surface area contributed by atoms with Crippen LogP contribution in [0.25, 0.3) is 10.8 Å². The van der Waals surface area contributed by atoms with Gasteiger partial charge >= 0.3 is 0 Å². The van der Waals surface area contributed by atoms with E-state index in [4.69, 9.17) is 5.73 Å². The summed E-state index contributed by atoms with van der Waals surface area (Å²) in [5, 5.41) is 5.00. The molecule has 4 aromatic carbocycles. The summed E-state index contributed by atoms with van der Waals surface area (Å²) in [6.45, 7) is 0. The molecule has 0 saturated heterocycles. The lowest BCUT2D eigenvalue weighted by atomic mass is 9.76. The maximum Gasteiger partial charge on any atom is 0.236 e. The highest BCUT2D eigenvalue weighted by Gasteiger charge is 2.38. The van der Waals surface area contributed by atoms with Gasteiger partial charge in [-0.1, -0.05) is 72.8 Å². The number of hydrogen-bond donors (Lipinski definition) is 2. The number of fused-ring (bicyclic) bond motifs is 3. The number of rotatable bonds is 6. The Morgan fingerprint density at radius 1 is 0.932 bits per heavy atom. The molecule has 0 bridgehead atoms.